The highest BCUT2D eigenvalue weighted by Gasteiger charge is 2.30. The monoisotopic (exact) mass is 1130 g/mol. The van der Waals surface area contributed by atoms with Gasteiger partial charge in [0.25, 0.3) is 0 Å². The molecular formula is C78H66ClN3OS. The van der Waals surface area contributed by atoms with Crippen LogP contribution in [0.1, 0.15) is 79.0 Å². The smallest absolute Gasteiger partial charge is 0.137 e. The number of hydrogen-bond acceptors (Lipinski definition) is 5. The first kappa shape index (κ1) is 53.2. The van der Waals surface area contributed by atoms with Gasteiger partial charge in [-0.1, -0.05) is 207 Å². The summed E-state index contributed by atoms with van der Waals surface area (Å²) in [4.78, 5) is 7.16. The number of nitrogens with zero attached hydrogens (tertiary/aromatic N) is 3. The Labute approximate surface area is 501 Å². The van der Waals surface area contributed by atoms with Gasteiger partial charge in [0.05, 0.1) is 38.8 Å². The summed E-state index contributed by atoms with van der Waals surface area (Å²) < 4.78 is 7.78. The first-order valence-electron chi connectivity index (χ1n) is 29.2. The highest BCUT2D eigenvalue weighted by Crippen LogP contribution is 2.54. The maximum atomic E-state index is 8.43. The molecule has 14 aromatic rings. The van der Waals surface area contributed by atoms with Crippen LogP contribution in [-0.2, 0) is 16.2 Å². The maximum absolute atomic E-state index is 8.43. The molecule has 84 heavy (non-hydrogen) atoms. The van der Waals surface area contributed by atoms with Crippen LogP contribution < -0.4 is 14.7 Å². The Kier molecular flexibility index (Phi) is 12.8. The van der Waals surface area contributed by atoms with Gasteiger partial charge < -0.3 is 19.1 Å². The Morgan fingerprint density at radius 1 is 0.333 bits per heavy atom. The molecule has 4 nitrogen and oxygen atoms in total. The predicted octanol–water partition coefficient (Wildman–Crippen LogP) is 24.3. The Balaban J connectivity index is 1.05. The number of halogens is 1. The molecule has 412 valence electrons. The van der Waals surface area contributed by atoms with Crippen LogP contribution in [-0.4, -0.2) is 0 Å². The van der Waals surface area contributed by atoms with E-state index in [1.807, 2.05) is 6.07 Å². The maximum Gasteiger partial charge on any atom is 0.137 e. The zero-order valence-corrected chi connectivity index (χ0v) is 50.6. The second-order valence-corrected chi connectivity index (χ2v) is 26.8. The third-order valence-corrected chi connectivity index (χ3v) is 18.3. The molecule has 0 radical (unpaired) electrons. The lowest BCUT2D eigenvalue weighted by Crippen LogP contribution is -2.17. The number of rotatable bonds is 10. The van der Waals surface area contributed by atoms with Crippen molar-refractivity contribution in [1.29, 1.82) is 0 Å². The summed E-state index contributed by atoms with van der Waals surface area (Å²) in [6.07, 6.45) is 0. The van der Waals surface area contributed by atoms with Gasteiger partial charge in [-0.2, -0.15) is 0 Å². The topological polar surface area (TPSA) is 22.9 Å². The van der Waals surface area contributed by atoms with Crippen molar-refractivity contribution in [3.05, 3.63) is 258 Å². The second-order valence-electron chi connectivity index (χ2n) is 25.6. The first-order valence-corrected chi connectivity index (χ1v) is 30.4. The SMILES string of the molecule is CC(C)(C)c1ccc(N(c2cccc(N(c3cccc(N(c4ccccc4)c4cccc5oc6ccccc6c45)c3)c3ccc(C(C)(C)C)cc3-c3ccc4ccc5cccc6ccc3c4c56)c2Cl)c2csc3ccc(C(C)(C)C)cc23)cc1. The standard InChI is InChI=1S/C78H66ClN3OS/c1-76(2,3)52-35-39-56(40-36-52)81(68-48-84-71-44-38-54(46-63(68)71)78(7,8)9)66-27-17-28-67(75(66)79)82(58-24-16-23-57(47-58)80(55-21-11-10-12-22-55)65-26-18-30-70-74(65)61-25-13-14-29-69(61)83-70)64-43-37-53(77(4,5)6)45-62(64)59-41-33-51-32-31-49-19-15-20-50-34-42-60(59)73(51)72(49)50/h10-48H,1-9H3. The van der Waals surface area contributed by atoms with Gasteiger partial charge in [-0.15, -0.1) is 11.3 Å². The van der Waals surface area contributed by atoms with Crippen molar-refractivity contribution in [2.75, 3.05) is 14.7 Å². The highest BCUT2D eigenvalue weighted by molar-refractivity contribution is 7.17. The molecule has 0 atom stereocenters. The van der Waals surface area contributed by atoms with E-state index in [1.54, 1.807) is 11.3 Å². The lowest BCUT2D eigenvalue weighted by Gasteiger charge is -2.34. The van der Waals surface area contributed by atoms with Crippen molar-refractivity contribution in [3.63, 3.8) is 0 Å². The van der Waals surface area contributed by atoms with E-state index in [4.69, 9.17) is 16.0 Å². The van der Waals surface area contributed by atoms with E-state index in [-0.39, 0.29) is 16.2 Å². The number of hydrogen-bond donors (Lipinski definition) is 0. The van der Waals surface area contributed by atoms with Crippen LogP contribution in [0.3, 0.4) is 0 Å². The lowest BCUT2D eigenvalue weighted by molar-refractivity contribution is 0.590. The zero-order valence-electron chi connectivity index (χ0n) is 49.1. The number of anilines is 9. The minimum absolute atomic E-state index is 0.0312. The molecule has 12 aromatic carbocycles. The van der Waals surface area contributed by atoms with E-state index in [1.165, 1.54) is 59.1 Å². The third kappa shape index (κ3) is 9.13. The molecule has 0 unspecified atom stereocenters. The minimum Gasteiger partial charge on any atom is -0.456 e. The van der Waals surface area contributed by atoms with Gasteiger partial charge in [-0.05, 0) is 168 Å². The summed E-state index contributed by atoms with van der Waals surface area (Å²) in [5.41, 5.74) is 16.3. The van der Waals surface area contributed by atoms with E-state index in [0.717, 1.165) is 84.3 Å². The van der Waals surface area contributed by atoms with Gasteiger partial charge in [-0.25, -0.2) is 0 Å². The molecule has 0 spiro atoms. The van der Waals surface area contributed by atoms with E-state index in [9.17, 15) is 0 Å². The summed E-state index contributed by atoms with van der Waals surface area (Å²) in [5.74, 6) is 0. The van der Waals surface area contributed by atoms with Gasteiger partial charge in [0.15, 0.2) is 0 Å². The second kappa shape index (κ2) is 20.2. The fraction of sp³-hybridized carbons (Fsp3) is 0.154. The Morgan fingerprint density at radius 3 is 1.60 bits per heavy atom. The third-order valence-electron chi connectivity index (χ3n) is 17.0. The Bertz CT molecular complexity index is 4810. The van der Waals surface area contributed by atoms with E-state index >= 15 is 0 Å². The average molecular weight is 1130 g/mol. The largest absolute Gasteiger partial charge is 0.456 e. The fourth-order valence-electron chi connectivity index (χ4n) is 12.5. The van der Waals surface area contributed by atoms with Gasteiger partial charge in [0.1, 0.15) is 11.2 Å². The number of benzene rings is 12. The van der Waals surface area contributed by atoms with E-state index in [2.05, 4.69) is 307 Å². The highest BCUT2D eigenvalue weighted by atomic mass is 35.5. The van der Waals surface area contributed by atoms with Gasteiger partial charge >= 0.3 is 0 Å². The lowest BCUT2D eigenvalue weighted by atomic mass is 9.83. The number of thiophene rings is 1. The van der Waals surface area contributed by atoms with Crippen LogP contribution in [0.4, 0.5) is 51.2 Å². The quantitative estimate of drug-likeness (QED) is 0.127. The molecule has 0 aliphatic carbocycles. The summed E-state index contributed by atoms with van der Waals surface area (Å²) in [7, 11) is 0. The van der Waals surface area contributed by atoms with Crippen LogP contribution in [0.2, 0.25) is 5.02 Å². The van der Waals surface area contributed by atoms with Crippen molar-refractivity contribution in [2.24, 2.45) is 0 Å². The predicted molar refractivity (Wildman–Crippen MR) is 363 cm³/mol. The summed E-state index contributed by atoms with van der Waals surface area (Å²) in [6, 6.07) is 84.5. The van der Waals surface area contributed by atoms with E-state index < -0.39 is 0 Å². The van der Waals surface area contributed by atoms with Crippen molar-refractivity contribution in [1.82, 2.24) is 0 Å². The molecule has 0 aliphatic heterocycles. The van der Waals surface area contributed by atoms with Crippen molar-refractivity contribution in [3.8, 4) is 11.1 Å². The molecule has 0 fully saturated rings. The molecule has 0 N–H and O–H groups in total. The van der Waals surface area contributed by atoms with Gasteiger partial charge in [0.2, 0.25) is 0 Å². The minimum atomic E-state index is -0.160. The number of para-hydroxylation sites is 2. The molecule has 6 heteroatoms. The van der Waals surface area contributed by atoms with Crippen LogP contribution >= 0.6 is 22.9 Å². The molecular weight excluding hydrogens is 1060 g/mol. The molecule has 0 aliphatic rings. The summed E-state index contributed by atoms with van der Waals surface area (Å²) >= 11 is 10.2. The number of fused-ring (bicyclic) bond motifs is 4. The average Bonchev–Trinajstić information content (AvgIpc) is 1.90. The molecule has 0 saturated carbocycles. The van der Waals surface area contributed by atoms with Gasteiger partial charge in [0, 0.05) is 49.2 Å². The summed E-state index contributed by atoms with van der Waals surface area (Å²) in [6.45, 7) is 20.6. The molecule has 0 saturated heterocycles. The van der Waals surface area contributed by atoms with Crippen LogP contribution in [0.25, 0.3) is 75.5 Å². The van der Waals surface area contributed by atoms with Crippen molar-refractivity contribution < 1.29 is 4.42 Å². The van der Waals surface area contributed by atoms with Crippen LogP contribution in [0.15, 0.2) is 240 Å². The molecule has 0 bridgehead atoms. The Hall–Kier alpha value is -8.87. The van der Waals surface area contributed by atoms with E-state index in [0.29, 0.717) is 5.02 Å². The molecule has 2 aromatic heterocycles. The summed E-state index contributed by atoms with van der Waals surface area (Å²) in [5, 5.41) is 13.7. The van der Waals surface area contributed by atoms with Crippen molar-refractivity contribution >= 4 is 138 Å². The van der Waals surface area contributed by atoms with Gasteiger partial charge in [-0.3, -0.25) is 0 Å². The fourth-order valence-corrected chi connectivity index (χ4v) is 13.7. The van der Waals surface area contributed by atoms with Crippen LogP contribution in [0.5, 0.6) is 0 Å². The Morgan fingerprint density at radius 2 is 0.869 bits per heavy atom. The molecule has 14 rings (SSSR count). The zero-order chi connectivity index (χ0) is 57.8. The van der Waals surface area contributed by atoms with Crippen molar-refractivity contribution in [2.45, 2.75) is 78.6 Å². The van der Waals surface area contributed by atoms with Crippen LogP contribution in [0, 0.1) is 0 Å². The normalized spacial score (nSPS) is 12.4. The first-order chi connectivity index (χ1) is 40.5. The number of furan rings is 1. The molecule has 0 amide bonds. The molecule has 2 heterocycles.